The van der Waals surface area contributed by atoms with E-state index in [-0.39, 0.29) is 25.5 Å². The highest BCUT2D eigenvalue weighted by atomic mass is 19.1. The number of benzene rings is 2. The number of aliphatic hydroxyl groups is 1. The molecule has 1 aliphatic heterocycles. The van der Waals surface area contributed by atoms with Crippen LogP contribution in [0.5, 0.6) is 5.75 Å². The van der Waals surface area contributed by atoms with E-state index in [9.17, 15) is 19.1 Å². The molecule has 3 atom stereocenters. The van der Waals surface area contributed by atoms with Gasteiger partial charge >= 0.3 is 6.09 Å². The molecule has 0 saturated carbocycles. The predicted octanol–water partition coefficient (Wildman–Crippen LogP) is 4.58. The summed E-state index contributed by atoms with van der Waals surface area (Å²) >= 11 is 0. The standard InChI is InChI=1S/C29H37FN2O5/c1-6-14-36-24-17-22(16-23(30)18-24)15-20(2)26(33)25-27(34)31(19-21-10-8-7-9-11-21)12-13-32(25)28(35)37-29(3,4)5/h6-11,16-18,20,25-26,33H,1,12-15,19H2,2-5H3/t20-,25-,26-/m0/s1. The maximum absolute atomic E-state index is 14.2. The number of rotatable bonds is 9. The van der Waals surface area contributed by atoms with Gasteiger partial charge in [0.1, 0.15) is 29.8 Å². The lowest BCUT2D eigenvalue weighted by molar-refractivity contribution is -0.149. The smallest absolute Gasteiger partial charge is 0.411 e. The average molecular weight is 513 g/mol. The zero-order chi connectivity index (χ0) is 27.2. The Morgan fingerprint density at radius 3 is 2.54 bits per heavy atom. The molecular weight excluding hydrogens is 475 g/mol. The average Bonchev–Trinajstić information content (AvgIpc) is 2.82. The highest BCUT2D eigenvalue weighted by Gasteiger charge is 2.44. The molecule has 2 amide bonds. The second kappa shape index (κ2) is 12.2. The number of ether oxygens (including phenoxy) is 2. The summed E-state index contributed by atoms with van der Waals surface area (Å²) in [6.45, 7) is 11.8. The zero-order valence-corrected chi connectivity index (χ0v) is 22.0. The molecule has 1 saturated heterocycles. The van der Waals surface area contributed by atoms with E-state index < -0.39 is 35.6 Å². The maximum Gasteiger partial charge on any atom is 0.411 e. The molecule has 0 aliphatic carbocycles. The van der Waals surface area contributed by atoms with E-state index in [4.69, 9.17) is 9.47 Å². The van der Waals surface area contributed by atoms with Crippen LogP contribution in [0.4, 0.5) is 9.18 Å². The normalized spacial score (nSPS) is 17.8. The van der Waals surface area contributed by atoms with E-state index in [0.29, 0.717) is 24.4 Å². The molecule has 0 spiro atoms. The molecule has 7 nitrogen and oxygen atoms in total. The molecule has 0 radical (unpaired) electrons. The van der Waals surface area contributed by atoms with Crippen LogP contribution in [-0.2, 0) is 22.5 Å². The number of hydrogen-bond acceptors (Lipinski definition) is 5. The Hall–Kier alpha value is -3.39. The number of carbonyl (C=O) groups excluding carboxylic acids is 2. The maximum atomic E-state index is 14.2. The van der Waals surface area contributed by atoms with Gasteiger partial charge in [-0.3, -0.25) is 9.69 Å². The number of hydrogen-bond donors (Lipinski definition) is 1. The van der Waals surface area contributed by atoms with E-state index in [1.165, 1.54) is 17.0 Å². The first-order valence-electron chi connectivity index (χ1n) is 12.5. The SMILES string of the molecule is C=CCOc1cc(F)cc(C[C@H](C)[C@H](O)[C@H]2C(=O)N(Cc3ccccc3)CCN2C(=O)OC(C)(C)C)c1. The van der Waals surface area contributed by atoms with Gasteiger partial charge in [-0.25, -0.2) is 9.18 Å². The van der Waals surface area contributed by atoms with Crippen LogP contribution in [0.2, 0.25) is 0 Å². The summed E-state index contributed by atoms with van der Waals surface area (Å²) in [6.07, 6.45) is -0.0201. The number of carbonyl (C=O) groups is 2. The summed E-state index contributed by atoms with van der Waals surface area (Å²) in [7, 11) is 0. The van der Waals surface area contributed by atoms with Crippen molar-refractivity contribution in [3.63, 3.8) is 0 Å². The number of halogens is 1. The Morgan fingerprint density at radius 1 is 1.19 bits per heavy atom. The second-order valence-electron chi connectivity index (χ2n) is 10.4. The lowest BCUT2D eigenvalue weighted by Gasteiger charge is -2.43. The minimum absolute atomic E-state index is 0.224. The third-order valence-electron chi connectivity index (χ3n) is 6.12. The van der Waals surface area contributed by atoms with Crippen LogP contribution in [0.3, 0.4) is 0 Å². The number of nitrogens with zero attached hydrogens (tertiary/aromatic N) is 2. The van der Waals surface area contributed by atoms with Crippen molar-refractivity contribution in [2.45, 2.75) is 58.4 Å². The van der Waals surface area contributed by atoms with E-state index in [1.54, 1.807) is 44.7 Å². The molecule has 1 heterocycles. The largest absolute Gasteiger partial charge is 0.489 e. The topological polar surface area (TPSA) is 79.3 Å². The monoisotopic (exact) mass is 512 g/mol. The molecular formula is C29H37FN2O5. The molecule has 37 heavy (non-hydrogen) atoms. The van der Waals surface area contributed by atoms with Gasteiger partial charge in [-0.05, 0) is 56.4 Å². The third-order valence-corrected chi connectivity index (χ3v) is 6.12. The number of piperazine rings is 1. The van der Waals surface area contributed by atoms with Gasteiger partial charge in [-0.2, -0.15) is 0 Å². The van der Waals surface area contributed by atoms with Crippen LogP contribution in [0.1, 0.15) is 38.8 Å². The van der Waals surface area contributed by atoms with E-state index in [1.807, 2.05) is 30.3 Å². The van der Waals surface area contributed by atoms with Crippen molar-refractivity contribution in [3.8, 4) is 5.75 Å². The first kappa shape index (κ1) is 28.2. The van der Waals surface area contributed by atoms with Crippen molar-refractivity contribution in [3.05, 3.63) is 78.1 Å². The highest BCUT2D eigenvalue weighted by molar-refractivity contribution is 5.87. The van der Waals surface area contributed by atoms with Gasteiger partial charge in [0.25, 0.3) is 0 Å². The molecule has 8 heteroatoms. The summed E-state index contributed by atoms with van der Waals surface area (Å²) in [5, 5.41) is 11.4. The van der Waals surface area contributed by atoms with Crippen molar-refractivity contribution in [1.29, 1.82) is 0 Å². The van der Waals surface area contributed by atoms with Crippen molar-refractivity contribution >= 4 is 12.0 Å². The Kier molecular flexibility index (Phi) is 9.32. The Labute approximate surface area is 218 Å². The fourth-order valence-electron chi connectivity index (χ4n) is 4.40. The van der Waals surface area contributed by atoms with Crippen molar-refractivity contribution in [1.82, 2.24) is 9.80 Å². The van der Waals surface area contributed by atoms with E-state index in [2.05, 4.69) is 6.58 Å². The summed E-state index contributed by atoms with van der Waals surface area (Å²) in [6, 6.07) is 12.8. The molecule has 0 unspecified atom stereocenters. The fourth-order valence-corrected chi connectivity index (χ4v) is 4.40. The molecule has 200 valence electrons. The molecule has 3 rings (SSSR count). The van der Waals surface area contributed by atoms with Gasteiger partial charge in [-0.15, -0.1) is 0 Å². The molecule has 1 N–H and O–H groups in total. The number of amides is 2. The summed E-state index contributed by atoms with van der Waals surface area (Å²) in [4.78, 5) is 29.7. The second-order valence-corrected chi connectivity index (χ2v) is 10.4. The summed E-state index contributed by atoms with van der Waals surface area (Å²) in [5.74, 6) is -0.940. The number of aliphatic hydroxyl groups excluding tert-OH is 1. The minimum Gasteiger partial charge on any atom is -0.489 e. The van der Waals surface area contributed by atoms with Crippen LogP contribution in [-0.4, -0.2) is 64.4 Å². The van der Waals surface area contributed by atoms with Crippen LogP contribution in [0.25, 0.3) is 0 Å². The van der Waals surface area contributed by atoms with Crippen LogP contribution in [0, 0.1) is 11.7 Å². The van der Waals surface area contributed by atoms with Gasteiger partial charge in [0, 0.05) is 25.7 Å². The highest BCUT2D eigenvalue weighted by Crippen LogP contribution is 2.27. The van der Waals surface area contributed by atoms with E-state index in [0.717, 1.165) is 5.56 Å². The van der Waals surface area contributed by atoms with Crippen LogP contribution in [0.15, 0.2) is 61.2 Å². The first-order chi connectivity index (χ1) is 17.5. The van der Waals surface area contributed by atoms with Crippen molar-refractivity contribution < 1.29 is 28.6 Å². The Bertz CT molecular complexity index is 1090. The molecule has 2 aromatic rings. The molecule has 1 aliphatic rings. The molecule has 0 aromatic heterocycles. The minimum atomic E-state index is -1.21. The molecule has 0 bridgehead atoms. The van der Waals surface area contributed by atoms with Gasteiger partial charge in [0.2, 0.25) is 5.91 Å². The predicted molar refractivity (Wildman–Crippen MR) is 140 cm³/mol. The Morgan fingerprint density at radius 2 is 1.89 bits per heavy atom. The Balaban J connectivity index is 1.84. The lowest BCUT2D eigenvalue weighted by Crippen LogP contribution is -2.64. The fraction of sp³-hybridized carbons (Fsp3) is 0.448. The van der Waals surface area contributed by atoms with Crippen LogP contribution >= 0.6 is 0 Å². The quantitative estimate of drug-likeness (QED) is 0.498. The van der Waals surface area contributed by atoms with Gasteiger partial charge in [0.15, 0.2) is 0 Å². The molecule has 2 aromatic carbocycles. The lowest BCUT2D eigenvalue weighted by atomic mass is 9.89. The van der Waals surface area contributed by atoms with Crippen molar-refractivity contribution in [2.24, 2.45) is 5.92 Å². The third kappa shape index (κ3) is 7.79. The van der Waals surface area contributed by atoms with Crippen molar-refractivity contribution in [2.75, 3.05) is 19.7 Å². The summed E-state index contributed by atoms with van der Waals surface area (Å²) < 4.78 is 25.2. The van der Waals surface area contributed by atoms with Gasteiger partial charge in [0.05, 0.1) is 6.10 Å². The van der Waals surface area contributed by atoms with Crippen LogP contribution < -0.4 is 4.74 Å². The van der Waals surface area contributed by atoms with Gasteiger partial charge < -0.3 is 19.5 Å². The first-order valence-corrected chi connectivity index (χ1v) is 12.5. The van der Waals surface area contributed by atoms with Gasteiger partial charge in [-0.1, -0.05) is 49.9 Å². The van der Waals surface area contributed by atoms with E-state index >= 15 is 0 Å². The molecule has 1 fully saturated rings. The summed E-state index contributed by atoms with van der Waals surface area (Å²) in [5.41, 5.74) is 0.805. The zero-order valence-electron chi connectivity index (χ0n) is 22.0.